The average molecular weight is 683 g/mol. The maximum atomic E-state index is 14.6. The zero-order chi connectivity index (χ0) is 33.3. The van der Waals surface area contributed by atoms with Crippen LogP contribution in [0.2, 0.25) is 10.0 Å². The molecular weight excluding hydrogens is 645 g/mol. The van der Waals surface area contributed by atoms with Gasteiger partial charge >= 0.3 is 0 Å². The van der Waals surface area contributed by atoms with E-state index in [2.05, 4.69) is 5.32 Å². The molecule has 0 saturated heterocycles. The molecule has 4 aromatic rings. The molecule has 0 spiro atoms. The van der Waals surface area contributed by atoms with Gasteiger partial charge in [-0.05, 0) is 66.9 Å². The number of carbonyl (C=O) groups is 2. The van der Waals surface area contributed by atoms with Crippen molar-refractivity contribution in [3.63, 3.8) is 0 Å². The molecular formula is C35H37Cl2N3O5S. The average Bonchev–Trinajstić information content (AvgIpc) is 3.07. The maximum absolute atomic E-state index is 14.6. The van der Waals surface area contributed by atoms with Crippen LogP contribution in [0.15, 0.2) is 108 Å². The predicted molar refractivity (Wildman–Crippen MR) is 183 cm³/mol. The van der Waals surface area contributed by atoms with Crippen LogP contribution in [0.5, 0.6) is 5.75 Å². The Hall–Kier alpha value is -4.05. The third kappa shape index (κ3) is 8.81. The van der Waals surface area contributed by atoms with Crippen molar-refractivity contribution in [2.75, 3.05) is 18.0 Å². The molecule has 11 heteroatoms. The highest BCUT2D eigenvalue weighted by molar-refractivity contribution is 7.92. The molecule has 0 aliphatic rings. The molecule has 242 valence electrons. The lowest BCUT2D eigenvalue weighted by Gasteiger charge is -2.34. The number of rotatable bonds is 14. The van der Waals surface area contributed by atoms with E-state index in [1.54, 1.807) is 43.5 Å². The summed E-state index contributed by atoms with van der Waals surface area (Å²) in [5.74, 6) is -0.390. The molecule has 0 fully saturated rings. The molecule has 2 atom stereocenters. The third-order valence-corrected chi connectivity index (χ3v) is 9.87. The number of halogens is 2. The largest absolute Gasteiger partial charge is 0.497 e. The van der Waals surface area contributed by atoms with Crippen LogP contribution in [0.25, 0.3) is 0 Å². The number of nitrogens with zero attached hydrogens (tertiary/aromatic N) is 2. The molecule has 0 unspecified atom stereocenters. The summed E-state index contributed by atoms with van der Waals surface area (Å²) in [5, 5.41) is 3.35. The fourth-order valence-corrected chi connectivity index (χ4v) is 6.75. The van der Waals surface area contributed by atoms with E-state index in [1.807, 2.05) is 50.2 Å². The van der Waals surface area contributed by atoms with E-state index in [0.717, 1.165) is 9.87 Å². The first kappa shape index (κ1) is 34.8. The number of anilines is 1. The van der Waals surface area contributed by atoms with E-state index >= 15 is 0 Å². The van der Waals surface area contributed by atoms with Crippen molar-refractivity contribution in [1.82, 2.24) is 10.2 Å². The number of methoxy groups -OCH3 is 1. The lowest BCUT2D eigenvalue weighted by molar-refractivity contribution is -0.140. The van der Waals surface area contributed by atoms with Gasteiger partial charge in [0.25, 0.3) is 10.0 Å². The number of hydrogen-bond donors (Lipinski definition) is 1. The fourth-order valence-electron chi connectivity index (χ4n) is 4.87. The minimum absolute atomic E-state index is 0.00393. The van der Waals surface area contributed by atoms with E-state index in [-0.39, 0.29) is 45.5 Å². The highest BCUT2D eigenvalue weighted by Gasteiger charge is 2.35. The van der Waals surface area contributed by atoms with E-state index < -0.39 is 28.5 Å². The SMILES string of the molecule is CC[C@@H](C)NC(=O)[C@H](Cc1ccccc1)N(Cc1cccc(OC)c1)C(=O)CN(c1cc(Cl)ccc1Cl)S(=O)(=O)c1ccccc1. The van der Waals surface area contributed by atoms with Crippen molar-refractivity contribution in [3.8, 4) is 5.75 Å². The van der Waals surface area contributed by atoms with Gasteiger partial charge in [0.15, 0.2) is 0 Å². The maximum Gasteiger partial charge on any atom is 0.264 e. The summed E-state index contributed by atoms with van der Waals surface area (Å²) in [5.41, 5.74) is 1.57. The standard InChI is InChI=1S/C35H37Cl2N3O5S/c1-4-25(2)38-35(42)33(21-26-12-7-5-8-13-26)39(23-27-14-11-15-29(20-27)45-3)34(41)24-40(32-22-28(36)18-19-31(32)37)46(43,44)30-16-9-6-10-17-30/h5-20,22,25,33H,4,21,23-24H2,1-3H3,(H,38,42)/t25-,33+/m1/s1. The monoisotopic (exact) mass is 681 g/mol. The Morgan fingerprint density at radius 3 is 2.17 bits per heavy atom. The van der Waals surface area contributed by atoms with Crippen LogP contribution in [0.1, 0.15) is 31.4 Å². The van der Waals surface area contributed by atoms with Gasteiger partial charge in [-0.2, -0.15) is 0 Å². The van der Waals surface area contributed by atoms with Gasteiger partial charge < -0.3 is 15.0 Å². The third-order valence-electron chi connectivity index (χ3n) is 7.55. The number of sulfonamides is 1. The smallest absolute Gasteiger partial charge is 0.264 e. The van der Waals surface area contributed by atoms with Gasteiger partial charge in [0.05, 0.1) is 22.7 Å². The molecule has 0 bridgehead atoms. The zero-order valence-electron chi connectivity index (χ0n) is 25.9. The molecule has 0 heterocycles. The van der Waals surface area contributed by atoms with E-state index in [4.69, 9.17) is 27.9 Å². The van der Waals surface area contributed by atoms with Gasteiger partial charge in [-0.15, -0.1) is 0 Å². The lowest BCUT2D eigenvalue weighted by atomic mass is 10.0. The van der Waals surface area contributed by atoms with Gasteiger partial charge in [-0.25, -0.2) is 8.42 Å². The number of carbonyl (C=O) groups excluding carboxylic acids is 2. The van der Waals surface area contributed by atoms with Gasteiger partial charge in [-0.3, -0.25) is 13.9 Å². The van der Waals surface area contributed by atoms with E-state index in [0.29, 0.717) is 17.7 Å². The van der Waals surface area contributed by atoms with E-state index in [1.165, 1.54) is 35.2 Å². The molecule has 8 nitrogen and oxygen atoms in total. The molecule has 4 aromatic carbocycles. The van der Waals surface area contributed by atoms with Crippen molar-refractivity contribution in [2.45, 2.75) is 50.2 Å². The van der Waals surface area contributed by atoms with Crippen molar-refractivity contribution < 1.29 is 22.7 Å². The molecule has 1 N–H and O–H groups in total. The van der Waals surface area contributed by atoms with Crippen molar-refractivity contribution in [1.29, 1.82) is 0 Å². The van der Waals surface area contributed by atoms with Gasteiger partial charge in [0.1, 0.15) is 18.3 Å². The van der Waals surface area contributed by atoms with Crippen LogP contribution >= 0.6 is 23.2 Å². The summed E-state index contributed by atoms with van der Waals surface area (Å²) < 4.78 is 34.6. The van der Waals surface area contributed by atoms with Crippen LogP contribution < -0.4 is 14.4 Å². The Bertz CT molecular complexity index is 1740. The Morgan fingerprint density at radius 1 is 0.870 bits per heavy atom. The summed E-state index contributed by atoms with van der Waals surface area (Å²) in [6, 6.07) is 27.6. The highest BCUT2D eigenvalue weighted by atomic mass is 35.5. The van der Waals surface area contributed by atoms with Gasteiger partial charge in [0, 0.05) is 24.0 Å². The summed E-state index contributed by atoms with van der Waals surface area (Å²) in [7, 11) is -2.77. The lowest BCUT2D eigenvalue weighted by Crippen LogP contribution is -2.54. The van der Waals surface area contributed by atoms with Crippen LogP contribution in [0, 0.1) is 0 Å². The minimum atomic E-state index is -4.31. The topological polar surface area (TPSA) is 96.0 Å². The van der Waals surface area contributed by atoms with Crippen molar-refractivity contribution >= 4 is 50.7 Å². The molecule has 0 saturated carbocycles. The Kier molecular flexibility index (Phi) is 12.1. The fraction of sp³-hybridized carbons (Fsp3) is 0.257. The Labute approximate surface area is 280 Å². The first-order chi connectivity index (χ1) is 22.0. The molecule has 2 amide bonds. The molecule has 0 aliphatic heterocycles. The van der Waals surface area contributed by atoms with Crippen LogP contribution in [0.3, 0.4) is 0 Å². The number of benzene rings is 4. The molecule has 4 rings (SSSR count). The molecule has 0 aromatic heterocycles. The Morgan fingerprint density at radius 2 is 1.52 bits per heavy atom. The summed E-state index contributed by atoms with van der Waals surface area (Å²) in [6.07, 6.45) is 0.881. The second-order valence-corrected chi connectivity index (χ2v) is 13.5. The zero-order valence-corrected chi connectivity index (χ0v) is 28.2. The van der Waals surface area contributed by atoms with Crippen molar-refractivity contribution in [3.05, 3.63) is 124 Å². The summed E-state index contributed by atoms with van der Waals surface area (Å²) in [4.78, 5) is 29.9. The normalized spacial score (nSPS) is 12.5. The van der Waals surface area contributed by atoms with Crippen LogP contribution in [-0.4, -0.2) is 50.9 Å². The number of hydrogen-bond acceptors (Lipinski definition) is 5. The second-order valence-electron chi connectivity index (χ2n) is 10.8. The molecule has 0 aliphatic carbocycles. The number of nitrogens with one attached hydrogen (secondary N) is 1. The van der Waals surface area contributed by atoms with Gasteiger partial charge in [0.2, 0.25) is 11.8 Å². The first-order valence-electron chi connectivity index (χ1n) is 14.8. The number of ether oxygens (including phenoxy) is 1. The van der Waals surface area contributed by atoms with Crippen LogP contribution in [0.4, 0.5) is 5.69 Å². The van der Waals surface area contributed by atoms with Crippen molar-refractivity contribution in [2.24, 2.45) is 0 Å². The van der Waals surface area contributed by atoms with E-state index in [9.17, 15) is 18.0 Å². The first-order valence-corrected chi connectivity index (χ1v) is 17.0. The predicted octanol–water partition coefficient (Wildman–Crippen LogP) is 6.75. The highest BCUT2D eigenvalue weighted by Crippen LogP contribution is 2.33. The Balaban J connectivity index is 1.84. The van der Waals surface area contributed by atoms with Crippen LogP contribution in [-0.2, 0) is 32.6 Å². The molecule has 0 radical (unpaired) electrons. The minimum Gasteiger partial charge on any atom is -0.497 e. The molecule has 46 heavy (non-hydrogen) atoms. The second kappa shape index (κ2) is 16.0. The summed E-state index contributed by atoms with van der Waals surface area (Å²) >= 11 is 12.8. The summed E-state index contributed by atoms with van der Waals surface area (Å²) in [6.45, 7) is 3.20. The number of amides is 2. The van der Waals surface area contributed by atoms with Gasteiger partial charge in [-0.1, -0.05) is 90.8 Å². The quantitative estimate of drug-likeness (QED) is 0.159.